The lowest BCUT2D eigenvalue weighted by molar-refractivity contribution is 0.102. The number of hydrogen-bond donors (Lipinski definition) is 2. The minimum Gasteiger partial charge on any atom is -0.508 e. The minimum absolute atomic E-state index is 0.0300. The number of benzene rings is 2. The second kappa shape index (κ2) is 4.87. The third-order valence-corrected chi connectivity index (χ3v) is 2.59. The summed E-state index contributed by atoms with van der Waals surface area (Å²) in [6, 6.07) is 10.5. The number of aryl methyl sites for hydroxylation is 1. The fourth-order valence-corrected chi connectivity index (χ4v) is 1.53. The summed E-state index contributed by atoms with van der Waals surface area (Å²) >= 11 is 0. The van der Waals surface area contributed by atoms with Crippen LogP contribution in [0.4, 0.5) is 10.1 Å². The standard InChI is InChI=1S/C14H12FNO2/c1-9-6-7-10(8-13(9)17)16-14(18)11-4-2-3-5-12(11)15/h2-8,17H,1H3,(H,16,18). The molecule has 0 bridgehead atoms. The van der Waals surface area contributed by atoms with Crippen molar-refractivity contribution in [3.63, 3.8) is 0 Å². The van der Waals surface area contributed by atoms with Gasteiger partial charge in [0, 0.05) is 11.8 Å². The van der Waals surface area contributed by atoms with Crippen molar-refractivity contribution in [3.8, 4) is 5.75 Å². The van der Waals surface area contributed by atoms with Crippen molar-refractivity contribution in [2.75, 3.05) is 5.32 Å². The molecule has 0 saturated carbocycles. The molecule has 0 saturated heterocycles. The van der Waals surface area contributed by atoms with Crippen molar-refractivity contribution in [2.45, 2.75) is 6.92 Å². The van der Waals surface area contributed by atoms with Crippen LogP contribution in [0.5, 0.6) is 5.75 Å². The van der Waals surface area contributed by atoms with E-state index in [2.05, 4.69) is 5.32 Å². The number of anilines is 1. The van der Waals surface area contributed by atoms with E-state index in [1.807, 2.05) is 0 Å². The number of phenols is 1. The molecule has 0 radical (unpaired) electrons. The van der Waals surface area contributed by atoms with E-state index in [1.54, 1.807) is 25.1 Å². The van der Waals surface area contributed by atoms with Gasteiger partial charge in [0.1, 0.15) is 11.6 Å². The fraction of sp³-hybridized carbons (Fsp3) is 0.0714. The molecule has 0 aliphatic heterocycles. The van der Waals surface area contributed by atoms with E-state index in [1.165, 1.54) is 24.3 Å². The molecule has 2 aromatic carbocycles. The molecule has 0 unspecified atom stereocenters. The van der Waals surface area contributed by atoms with Crippen LogP contribution in [0.3, 0.4) is 0 Å². The Kier molecular flexibility index (Phi) is 3.28. The van der Waals surface area contributed by atoms with Gasteiger partial charge in [0.25, 0.3) is 5.91 Å². The Balaban J connectivity index is 2.22. The topological polar surface area (TPSA) is 49.3 Å². The molecular weight excluding hydrogens is 233 g/mol. The number of aromatic hydroxyl groups is 1. The molecule has 2 rings (SSSR count). The number of carbonyl (C=O) groups excluding carboxylic acids is 1. The van der Waals surface area contributed by atoms with E-state index in [4.69, 9.17) is 0 Å². The van der Waals surface area contributed by atoms with Crippen LogP contribution in [0.1, 0.15) is 15.9 Å². The van der Waals surface area contributed by atoms with Crippen molar-refractivity contribution in [1.29, 1.82) is 0 Å². The first-order chi connectivity index (χ1) is 8.58. The SMILES string of the molecule is Cc1ccc(NC(=O)c2ccccc2F)cc1O. The zero-order valence-corrected chi connectivity index (χ0v) is 9.77. The Labute approximate surface area is 104 Å². The van der Waals surface area contributed by atoms with Crippen LogP contribution in [0.2, 0.25) is 0 Å². The van der Waals surface area contributed by atoms with Gasteiger partial charge < -0.3 is 10.4 Å². The third kappa shape index (κ3) is 2.48. The molecule has 0 heterocycles. The summed E-state index contributed by atoms with van der Waals surface area (Å²) in [5, 5.41) is 12.0. The molecular formula is C14H12FNO2. The van der Waals surface area contributed by atoms with Crippen LogP contribution < -0.4 is 5.32 Å². The first kappa shape index (κ1) is 12.1. The Hall–Kier alpha value is -2.36. The summed E-state index contributed by atoms with van der Waals surface area (Å²) in [4.78, 5) is 11.8. The highest BCUT2D eigenvalue weighted by Crippen LogP contribution is 2.21. The lowest BCUT2D eigenvalue weighted by Crippen LogP contribution is -2.13. The van der Waals surface area contributed by atoms with Gasteiger partial charge >= 0.3 is 0 Å². The summed E-state index contributed by atoms with van der Waals surface area (Å²) < 4.78 is 13.4. The van der Waals surface area contributed by atoms with E-state index in [0.29, 0.717) is 11.3 Å². The van der Waals surface area contributed by atoms with Crippen LogP contribution in [-0.2, 0) is 0 Å². The summed E-state index contributed by atoms with van der Waals surface area (Å²) in [5.74, 6) is -1.04. The van der Waals surface area contributed by atoms with Crippen molar-refractivity contribution < 1.29 is 14.3 Å². The molecule has 0 spiro atoms. The maximum absolute atomic E-state index is 13.4. The maximum Gasteiger partial charge on any atom is 0.258 e. The van der Waals surface area contributed by atoms with Crippen molar-refractivity contribution in [3.05, 3.63) is 59.4 Å². The Bertz CT molecular complexity index is 596. The largest absolute Gasteiger partial charge is 0.508 e. The number of carbonyl (C=O) groups is 1. The van der Waals surface area contributed by atoms with Crippen LogP contribution in [0.25, 0.3) is 0 Å². The van der Waals surface area contributed by atoms with Crippen LogP contribution in [-0.4, -0.2) is 11.0 Å². The van der Waals surface area contributed by atoms with Gasteiger partial charge in [-0.05, 0) is 30.7 Å². The smallest absolute Gasteiger partial charge is 0.258 e. The molecule has 4 heteroatoms. The van der Waals surface area contributed by atoms with E-state index in [9.17, 15) is 14.3 Å². The number of hydrogen-bond acceptors (Lipinski definition) is 2. The highest BCUT2D eigenvalue weighted by atomic mass is 19.1. The number of nitrogens with one attached hydrogen (secondary N) is 1. The molecule has 2 aromatic rings. The lowest BCUT2D eigenvalue weighted by Gasteiger charge is -2.07. The van der Waals surface area contributed by atoms with Gasteiger partial charge in [-0.25, -0.2) is 4.39 Å². The molecule has 0 atom stereocenters. The minimum atomic E-state index is -0.577. The summed E-state index contributed by atoms with van der Waals surface area (Å²) in [6.45, 7) is 1.75. The molecule has 18 heavy (non-hydrogen) atoms. The predicted octanol–water partition coefficient (Wildman–Crippen LogP) is 3.09. The van der Waals surface area contributed by atoms with Gasteiger partial charge in [0.05, 0.1) is 5.56 Å². The molecule has 1 amide bonds. The zero-order valence-electron chi connectivity index (χ0n) is 9.77. The lowest BCUT2D eigenvalue weighted by atomic mass is 10.1. The molecule has 3 nitrogen and oxygen atoms in total. The summed E-state index contributed by atoms with van der Waals surface area (Å²) in [6.07, 6.45) is 0. The molecule has 92 valence electrons. The quantitative estimate of drug-likeness (QED) is 0.854. The summed E-state index contributed by atoms with van der Waals surface area (Å²) in [5.41, 5.74) is 1.10. The maximum atomic E-state index is 13.4. The van der Waals surface area contributed by atoms with Gasteiger partial charge in [0.15, 0.2) is 0 Å². The van der Waals surface area contributed by atoms with E-state index >= 15 is 0 Å². The molecule has 0 aromatic heterocycles. The third-order valence-electron chi connectivity index (χ3n) is 2.59. The second-order valence-corrected chi connectivity index (χ2v) is 3.94. The molecule has 0 fully saturated rings. The van der Waals surface area contributed by atoms with E-state index < -0.39 is 11.7 Å². The van der Waals surface area contributed by atoms with E-state index in [0.717, 1.165) is 0 Å². The van der Waals surface area contributed by atoms with Gasteiger partial charge in [-0.3, -0.25) is 4.79 Å². The van der Waals surface area contributed by atoms with Gasteiger partial charge in [-0.1, -0.05) is 18.2 Å². The Morgan fingerprint density at radius 3 is 2.61 bits per heavy atom. The van der Waals surface area contributed by atoms with Crippen LogP contribution in [0.15, 0.2) is 42.5 Å². The Morgan fingerprint density at radius 1 is 1.22 bits per heavy atom. The number of amides is 1. The first-order valence-electron chi connectivity index (χ1n) is 5.43. The van der Waals surface area contributed by atoms with Crippen molar-refractivity contribution in [1.82, 2.24) is 0 Å². The summed E-state index contributed by atoms with van der Waals surface area (Å²) in [7, 11) is 0. The van der Waals surface area contributed by atoms with Crippen LogP contribution >= 0.6 is 0 Å². The number of halogens is 1. The van der Waals surface area contributed by atoms with Gasteiger partial charge in [0.2, 0.25) is 0 Å². The highest BCUT2D eigenvalue weighted by molar-refractivity contribution is 6.04. The predicted molar refractivity (Wildman–Crippen MR) is 67.2 cm³/mol. The zero-order chi connectivity index (χ0) is 13.1. The van der Waals surface area contributed by atoms with E-state index in [-0.39, 0.29) is 11.3 Å². The van der Waals surface area contributed by atoms with Gasteiger partial charge in [-0.2, -0.15) is 0 Å². The molecule has 0 aliphatic rings. The second-order valence-electron chi connectivity index (χ2n) is 3.94. The van der Waals surface area contributed by atoms with Gasteiger partial charge in [-0.15, -0.1) is 0 Å². The number of phenolic OH excluding ortho intramolecular Hbond substituents is 1. The first-order valence-corrected chi connectivity index (χ1v) is 5.43. The van der Waals surface area contributed by atoms with Crippen molar-refractivity contribution in [2.24, 2.45) is 0 Å². The average molecular weight is 245 g/mol. The van der Waals surface area contributed by atoms with Crippen molar-refractivity contribution >= 4 is 11.6 Å². The monoisotopic (exact) mass is 245 g/mol. The normalized spacial score (nSPS) is 10.1. The average Bonchev–Trinajstić information content (AvgIpc) is 2.34. The number of rotatable bonds is 2. The molecule has 2 N–H and O–H groups in total. The van der Waals surface area contributed by atoms with Crippen LogP contribution in [0, 0.1) is 12.7 Å². The highest BCUT2D eigenvalue weighted by Gasteiger charge is 2.11. The fourth-order valence-electron chi connectivity index (χ4n) is 1.53. The molecule has 0 aliphatic carbocycles. The Morgan fingerprint density at radius 2 is 1.94 bits per heavy atom.